The number of carbonyl (C=O) groups excluding carboxylic acids is 5. The minimum absolute atomic E-state index is 0.0802. The number of nitrogens with zero attached hydrogens (tertiary/aromatic N) is 7. The first kappa shape index (κ1) is 45.1. The van der Waals surface area contributed by atoms with Crippen molar-refractivity contribution in [1.29, 1.82) is 0 Å². The number of imide groups is 2. The lowest BCUT2D eigenvalue weighted by Crippen LogP contribution is -2.59. The van der Waals surface area contributed by atoms with E-state index in [1.54, 1.807) is 22.9 Å². The largest absolute Gasteiger partial charge is 0.478 e. The molecular formula is C47H55ClN10O8. The third-order valence-corrected chi connectivity index (χ3v) is 13.9. The van der Waals surface area contributed by atoms with Crippen LogP contribution in [0.4, 0.5) is 23.1 Å². The van der Waals surface area contributed by atoms with E-state index in [2.05, 4.69) is 42.6 Å². The third kappa shape index (κ3) is 8.57. The normalized spacial score (nSPS) is 22.7. The topological polar surface area (TPSA) is 201 Å². The predicted octanol–water partition coefficient (Wildman–Crippen LogP) is 4.33. The van der Waals surface area contributed by atoms with Gasteiger partial charge in [-0.1, -0.05) is 11.6 Å². The highest BCUT2D eigenvalue weighted by molar-refractivity contribution is 6.33. The summed E-state index contributed by atoms with van der Waals surface area (Å²) in [4.78, 5) is 93.8. The van der Waals surface area contributed by atoms with Gasteiger partial charge in [0.1, 0.15) is 11.1 Å². The van der Waals surface area contributed by atoms with Gasteiger partial charge >= 0.3 is 0 Å². The van der Waals surface area contributed by atoms with Crippen molar-refractivity contribution in [3.8, 4) is 5.75 Å². The number of benzene rings is 2. The average Bonchev–Trinajstić information content (AvgIpc) is 3.53. The Kier molecular flexibility index (Phi) is 12.5. The molecule has 9 rings (SSSR count). The number of nitrogens with one attached hydrogen (secondary N) is 3. The van der Waals surface area contributed by atoms with Crippen LogP contribution in [-0.4, -0.2) is 131 Å². The van der Waals surface area contributed by atoms with Crippen molar-refractivity contribution < 1.29 is 33.4 Å². The maximum absolute atomic E-state index is 13.7. The van der Waals surface area contributed by atoms with Gasteiger partial charge in [0.25, 0.3) is 23.3 Å². The number of likely N-dealkylation sites (N-methyl/N-ethyl adjacent to an activating group) is 1. The minimum Gasteiger partial charge on any atom is -0.478 e. The molecule has 2 atom stereocenters. The fourth-order valence-electron chi connectivity index (χ4n) is 10.1. The zero-order valence-corrected chi connectivity index (χ0v) is 38.5. The molecule has 348 valence electrons. The van der Waals surface area contributed by atoms with E-state index in [1.807, 2.05) is 45.0 Å². The van der Waals surface area contributed by atoms with E-state index in [-0.39, 0.29) is 61.0 Å². The number of piperazine rings is 1. The van der Waals surface area contributed by atoms with Crippen LogP contribution in [0.25, 0.3) is 10.9 Å². The second kappa shape index (κ2) is 18.3. The lowest BCUT2D eigenvalue weighted by atomic mass is 9.86. The van der Waals surface area contributed by atoms with Gasteiger partial charge in [0.15, 0.2) is 18.2 Å². The Labute approximate surface area is 386 Å². The summed E-state index contributed by atoms with van der Waals surface area (Å²) in [5.74, 6) is -1.21. The molecule has 18 nitrogen and oxygen atoms in total. The molecule has 4 fully saturated rings. The quantitative estimate of drug-likeness (QED) is 0.170. The monoisotopic (exact) mass is 922 g/mol. The number of hydrogen-bond acceptors (Lipinski definition) is 14. The molecule has 19 heteroatoms. The second-order valence-corrected chi connectivity index (χ2v) is 18.6. The zero-order chi connectivity index (χ0) is 46.6. The first-order valence-corrected chi connectivity index (χ1v) is 23.1. The summed E-state index contributed by atoms with van der Waals surface area (Å²) in [5.41, 5.74) is 3.40. The van der Waals surface area contributed by atoms with Crippen molar-refractivity contribution in [1.82, 2.24) is 35.0 Å². The highest BCUT2D eigenvalue weighted by Gasteiger charge is 2.46. The van der Waals surface area contributed by atoms with Gasteiger partial charge in [-0.25, -0.2) is 4.98 Å². The van der Waals surface area contributed by atoms with Gasteiger partial charge in [-0.2, -0.15) is 4.98 Å². The average molecular weight is 923 g/mol. The molecule has 2 aromatic carbocycles. The Bertz CT molecular complexity index is 2680. The van der Waals surface area contributed by atoms with Gasteiger partial charge in [-0.3, -0.25) is 43.9 Å². The maximum atomic E-state index is 13.7. The molecule has 1 saturated carbocycles. The first-order valence-electron chi connectivity index (χ1n) is 22.8. The number of carbonyl (C=O) groups is 5. The molecule has 3 saturated heterocycles. The molecule has 4 aromatic rings. The van der Waals surface area contributed by atoms with E-state index in [1.165, 1.54) is 7.05 Å². The van der Waals surface area contributed by atoms with Crippen LogP contribution in [0.3, 0.4) is 0 Å². The minimum atomic E-state index is -0.994. The predicted molar refractivity (Wildman–Crippen MR) is 248 cm³/mol. The van der Waals surface area contributed by atoms with Crippen molar-refractivity contribution in [2.75, 3.05) is 61.5 Å². The van der Waals surface area contributed by atoms with Crippen LogP contribution >= 0.6 is 11.6 Å². The number of halogens is 1. The van der Waals surface area contributed by atoms with Crippen LogP contribution in [-0.2, 0) is 19.1 Å². The fraction of sp³-hybridized carbons (Fsp3) is 0.489. The molecular weight excluding hydrogens is 868 g/mol. The number of piperidine rings is 2. The van der Waals surface area contributed by atoms with E-state index in [4.69, 9.17) is 26.1 Å². The summed E-state index contributed by atoms with van der Waals surface area (Å²) < 4.78 is 13.9. The lowest BCUT2D eigenvalue weighted by molar-refractivity contribution is -0.136. The van der Waals surface area contributed by atoms with E-state index < -0.39 is 29.7 Å². The van der Waals surface area contributed by atoms with Crippen LogP contribution < -0.4 is 36.0 Å². The van der Waals surface area contributed by atoms with Crippen molar-refractivity contribution >= 4 is 75.2 Å². The number of fused-ring (bicyclic) bond motifs is 2. The smallest absolute Gasteiger partial charge is 0.293 e. The Morgan fingerprint density at radius 3 is 2.45 bits per heavy atom. The summed E-state index contributed by atoms with van der Waals surface area (Å²) in [5, 5.41) is 9.20. The molecule has 0 bridgehead atoms. The molecule has 0 spiro atoms. The third-order valence-electron chi connectivity index (χ3n) is 13.7. The van der Waals surface area contributed by atoms with E-state index in [0.29, 0.717) is 39.6 Å². The summed E-state index contributed by atoms with van der Waals surface area (Å²) in [7, 11) is 1.51. The lowest BCUT2D eigenvalue weighted by Gasteiger charge is -2.50. The SMILES string of the molecule is CNC(=O)COc1cc2cc(Nc3nc(N4CCC(OC5CC(N6CCN(c7ccc8c(c7C)C(=O)N(C7CCC(=O)NC7=O)C8=O)[C@H](C)C6)C5)CC4)ncc3Cl)ccc2n(C(C)C)c1=O. The number of ether oxygens (including phenoxy) is 2. The van der Waals surface area contributed by atoms with Crippen LogP contribution in [0.1, 0.15) is 91.6 Å². The summed E-state index contributed by atoms with van der Waals surface area (Å²) in [6.07, 6.45) is 5.78. The van der Waals surface area contributed by atoms with Crippen molar-refractivity contribution in [3.63, 3.8) is 0 Å². The van der Waals surface area contributed by atoms with Crippen LogP contribution in [0.2, 0.25) is 5.02 Å². The molecule has 1 unspecified atom stereocenters. The summed E-state index contributed by atoms with van der Waals surface area (Å²) in [6.45, 7) is 11.6. The molecule has 6 heterocycles. The van der Waals surface area contributed by atoms with Gasteiger partial charge in [0.2, 0.25) is 17.8 Å². The van der Waals surface area contributed by atoms with Crippen molar-refractivity contribution in [2.45, 2.75) is 103 Å². The Hall–Kier alpha value is -6.11. The summed E-state index contributed by atoms with van der Waals surface area (Å²) in [6, 6.07) is 10.3. The molecule has 5 aliphatic rings. The van der Waals surface area contributed by atoms with E-state index in [9.17, 15) is 28.8 Å². The summed E-state index contributed by atoms with van der Waals surface area (Å²) >= 11 is 6.61. The van der Waals surface area contributed by atoms with Crippen molar-refractivity contribution in [3.05, 3.63) is 74.7 Å². The molecule has 66 heavy (non-hydrogen) atoms. The van der Waals surface area contributed by atoms with Crippen LogP contribution in [0, 0.1) is 6.92 Å². The highest BCUT2D eigenvalue weighted by atomic mass is 35.5. The Morgan fingerprint density at radius 2 is 1.74 bits per heavy atom. The molecule has 5 amide bonds. The number of anilines is 4. The van der Waals surface area contributed by atoms with Gasteiger partial charge in [-0.15, -0.1) is 0 Å². The van der Waals surface area contributed by atoms with Gasteiger partial charge < -0.3 is 34.5 Å². The Morgan fingerprint density at radius 1 is 0.970 bits per heavy atom. The highest BCUT2D eigenvalue weighted by Crippen LogP contribution is 2.38. The first-order chi connectivity index (χ1) is 31.7. The van der Waals surface area contributed by atoms with Gasteiger partial charge in [0.05, 0.1) is 35.0 Å². The second-order valence-electron chi connectivity index (χ2n) is 18.2. The fourth-order valence-corrected chi connectivity index (χ4v) is 10.2. The van der Waals surface area contributed by atoms with Gasteiger partial charge in [0, 0.05) is 81.1 Å². The molecule has 3 N–H and O–H groups in total. The zero-order valence-electron chi connectivity index (χ0n) is 37.8. The van der Waals surface area contributed by atoms with E-state index in [0.717, 1.165) is 85.5 Å². The molecule has 1 aliphatic carbocycles. The maximum Gasteiger partial charge on any atom is 0.293 e. The standard InChI is InChI=1S/C47H55ClN10O8/c1-25(2)57-36-8-6-29(18-28(36)19-38(45(57)63)65-24-40(60)49-5)51-42-34(48)22-50-47(53-42)54-14-12-31(13-15-54)66-32-20-30(21-32)55-16-17-56(26(3)23-55)35-9-7-33-41(27(35)4)46(64)58(44(33)62)37-10-11-39(59)52-43(37)61/h6-9,18-19,22,25-26,30-32,37H,10-17,20-21,23-24H2,1-5H3,(H,49,60)(H,50,51,53)(H,52,59,61)/t26-,30?,32?,37?/m1/s1. The number of pyridine rings is 1. The Balaban J connectivity index is 0.763. The number of rotatable bonds is 12. The molecule has 4 aliphatic heterocycles. The van der Waals surface area contributed by atoms with E-state index >= 15 is 0 Å². The van der Waals surface area contributed by atoms with Gasteiger partial charge in [-0.05, 0) is 102 Å². The number of hydrogen-bond donors (Lipinski definition) is 3. The number of aromatic nitrogens is 3. The number of amides is 5. The molecule has 2 aromatic heterocycles. The molecule has 0 radical (unpaired) electrons. The van der Waals surface area contributed by atoms with Crippen LogP contribution in [0.15, 0.2) is 47.4 Å². The van der Waals surface area contributed by atoms with Crippen LogP contribution in [0.5, 0.6) is 5.75 Å². The van der Waals surface area contributed by atoms with Crippen molar-refractivity contribution in [2.24, 2.45) is 0 Å².